The van der Waals surface area contributed by atoms with Crippen molar-refractivity contribution in [2.24, 2.45) is 5.10 Å². The molecule has 0 saturated carbocycles. The van der Waals surface area contributed by atoms with Crippen LogP contribution in [0.15, 0.2) is 77.5 Å². The lowest BCUT2D eigenvalue weighted by atomic mass is 10.0. The van der Waals surface area contributed by atoms with E-state index in [0.717, 1.165) is 28.8 Å². The van der Waals surface area contributed by atoms with E-state index in [-0.39, 0.29) is 28.9 Å². The number of ether oxygens (including phenoxy) is 2. The molecular formula is C32H28F8N4O4. The van der Waals surface area contributed by atoms with Crippen LogP contribution in [0.1, 0.15) is 47.3 Å². The minimum Gasteiger partial charge on any atom is -0.431 e. The fraction of sp³-hybridized carbons (Fsp3) is 0.281. The van der Waals surface area contributed by atoms with Gasteiger partial charge in [-0.25, -0.2) is 4.39 Å². The molecule has 48 heavy (non-hydrogen) atoms. The smallest absolute Gasteiger partial charge is 0.419 e. The molecule has 2 amide bonds. The zero-order valence-electron chi connectivity index (χ0n) is 25.3. The number of carbonyl (C=O) groups is 2. The molecule has 5 rings (SSSR count). The van der Waals surface area contributed by atoms with Crippen molar-refractivity contribution < 1.29 is 54.2 Å². The summed E-state index contributed by atoms with van der Waals surface area (Å²) in [4.78, 5) is 27.5. The van der Waals surface area contributed by atoms with Gasteiger partial charge in [0.1, 0.15) is 5.82 Å². The molecule has 1 N–H and O–H groups in total. The normalized spacial score (nSPS) is 14.3. The van der Waals surface area contributed by atoms with Crippen molar-refractivity contribution in [2.75, 3.05) is 11.6 Å². The highest BCUT2D eigenvalue weighted by Crippen LogP contribution is 2.36. The topological polar surface area (TPSA) is 83.5 Å². The van der Waals surface area contributed by atoms with Crippen LogP contribution < -0.4 is 19.8 Å². The number of carbonyl (C=O) groups excluding carboxylic acids is 2. The Bertz CT molecular complexity index is 1690. The van der Waals surface area contributed by atoms with Crippen molar-refractivity contribution >= 4 is 23.2 Å². The van der Waals surface area contributed by atoms with Crippen LogP contribution in [-0.4, -0.2) is 42.2 Å². The summed E-state index contributed by atoms with van der Waals surface area (Å²) in [7, 11) is 0. The van der Waals surface area contributed by atoms with Crippen molar-refractivity contribution in [3.05, 3.63) is 101 Å². The summed E-state index contributed by atoms with van der Waals surface area (Å²) >= 11 is 0. The summed E-state index contributed by atoms with van der Waals surface area (Å²) in [6.07, 6.45) is -3.08. The molecular weight excluding hydrogens is 656 g/mol. The molecule has 2 aliphatic rings. The molecule has 8 nitrogen and oxygen atoms in total. The molecule has 3 aromatic carbocycles. The summed E-state index contributed by atoms with van der Waals surface area (Å²) in [6, 6.07) is 12.0. The third-order valence-corrected chi connectivity index (χ3v) is 6.90. The molecule has 0 bridgehead atoms. The number of nitrogens with zero attached hydrogens (tertiary/aromatic N) is 3. The maximum Gasteiger partial charge on any atom is 0.419 e. The first kappa shape index (κ1) is 35.7. The highest BCUT2D eigenvalue weighted by molar-refractivity contribution is 6.30. The van der Waals surface area contributed by atoms with Crippen molar-refractivity contribution in [2.45, 2.75) is 52.8 Å². The Labute approximate surface area is 269 Å². The Morgan fingerprint density at radius 1 is 0.917 bits per heavy atom. The zero-order chi connectivity index (χ0) is 35.2. The second kappa shape index (κ2) is 15.2. The number of benzene rings is 3. The van der Waals surface area contributed by atoms with Gasteiger partial charge in [0.2, 0.25) is 0 Å². The van der Waals surface area contributed by atoms with E-state index in [0.29, 0.717) is 37.4 Å². The van der Waals surface area contributed by atoms with Crippen LogP contribution in [-0.2, 0) is 24.1 Å². The summed E-state index contributed by atoms with van der Waals surface area (Å²) in [5.41, 5.74) is 0.144. The number of anilines is 1. The second-order valence-corrected chi connectivity index (χ2v) is 10.0. The first-order chi connectivity index (χ1) is 22.8. The molecule has 0 atom stereocenters. The number of hydrogen-bond acceptors (Lipinski definition) is 6. The molecule has 16 heteroatoms. The van der Waals surface area contributed by atoms with Crippen LogP contribution in [0.25, 0.3) is 0 Å². The van der Waals surface area contributed by atoms with E-state index >= 15 is 0 Å². The molecule has 2 aliphatic heterocycles. The number of nitrogens with one attached hydrogen (secondary N) is 1. The SMILES string of the molecule is CC.O=C(NCc1ccc(OC(F)F)c(OC(F)F)c1)c1ccc(CN2C=C3C(=O)N(c4ccc(F)c(C(F)(F)F)c4)N=C3CC2)cc1. The van der Waals surface area contributed by atoms with Gasteiger partial charge in [-0.1, -0.05) is 32.0 Å². The van der Waals surface area contributed by atoms with Gasteiger partial charge in [0.15, 0.2) is 11.5 Å². The highest BCUT2D eigenvalue weighted by atomic mass is 19.4. The molecule has 0 spiro atoms. The van der Waals surface area contributed by atoms with Crippen LogP contribution >= 0.6 is 0 Å². The van der Waals surface area contributed by atoms with E-state index in [1.54, 1.807) is 23.2 Å². The van der Waals surface area contributed by atoms with E-state index in [4.69, 9.17) is 0 Å². The molecule has 0 fully saturated rings. The Morgan fingerprint density at radius 2 is 1.56 bits per heavy atom. The number of hydrogen-bond donors (Lipinski definition) is 1. The van der Waals surface area contributed by atoms with E-state index < -0.39 is 54.1 Å². The molecule has 2 heterocycles. The average molecular weight is 685 g/mol. The Balaban J connectivity index is 0.00000255. The van der Waals surface area contributed by atoms with Crippen LogP contribution in [0.2, 0.25) is 0 Å². The van der Waals surface area contributed by atoms with Gasteiger partial charge in [0, 0.05) is 37.8 Å². The fourth-order valence-corrected chi connectivity index (χ4v) is 4.75. The third-order valence-electron chi connectivity index (χ3n) is 6.90. The molecule has 0 unspecified atom stereocenters. The van der Waals surface area contributed by atoms with Gasteiger partial charge in [-0.05, 0) is 53.6 Å². The summed E-state index contributed by atoms with van der Waals surface area (Å²) < 4.78 is 112. The van der Waals surface area contributed by atoms with Crippen molar-refractivity contribution in [1.29, 1.82) is 0 Å². The molecule has 0 aliphatic carbocycles. The summed E-state index contributed by atoms with van der Waals surface area (Å²) in [5.74, 6) is -3.84. The lowest BCUT2D eigenvalue weighted by molar-refractivity contribution is -0.140. The van der Waals surface area contributed by atoms with Gasteiger partial charge in [0.25, 0.3) is 11.8 Å². The lowest BCUT2D eigenvalue weighted by Gasteiger charge is -2.25. The number of alkyl halides is 7. The molecule has 3 aromatic rings. The van der Waals surface area contributed by atoms with Crippen molar-refractivity contribution in [3.63, 3.8) is 0 Å². The molecule has 0 radical (unpaired) electrons. The van der Waals surface area contributed by atoms with Crippen LogP contribution in [0.4, 0.5) is 40.8 Å². The molecule has 256 valence electrons. The Kier molecular flexibility index (Phi) is 11.3. The van der Waals surface area contributed by atoms with Gasteiger partial charge in [0.05, 0.1) is 22.5 Å². The van der Waals surface area contributed by atoms with E-state index in [1.807, 2.05) is 13.8 Å². The van der Waals surface area contributed by atoms with Crippen LogP contribution in [0, 0.1) is 5.82 Å². The van der Waals surface area contributed by atoms with Gasteiger partial charge < -0.3 is 19.7 Å². The van der Waals surface area contributed by atoms with E-state index in [1.165, 1.54) is 18.2 Å². The fourth-order valence-electron chi connectivity index (χ4n) is 4.75. The van der Waals surface area contributed by atoms with Gasteiger partial charge in [-0.15, -0.1) is 0 Å². The predicted octanol–water partition coefficient (Wildman–Crippen LogP) is 7.50. The minimum absolute atomic E-state index is 0.138. The number of halogens is 8. The zero-order valence-corrected chi connectivity index (χ0v) is 25.3. The van der Waals surface area contributed by atoms with Gasteiger partial charge in [-0.3, -0.25) is 9.59 Å². The third kappa shape index (κ3) is 8.60. The van der Waals surface area contributed by atoms with E-state index in [9.17, 15) is 44.7 Å². The van der Waals surface area contributed by atoms with Gasteiger partial charge >= 0.3 is 19.4 Å². The Hall–Kier alpha value is -5.15. The standard InChI is InChI=1S/C30H22F8N4O4.C2H6/c31-22-7-6-19(12-21(22)30(36,37)38)42-27(44)20-15-41(10-9-23(20)40-42)14-16-1-4-18(5-2-16)26(43)39-13-17-3-8-24(45-28(32)33)25(11-17)46-29(34)35;1-2/h1-8,11-12,15,28-29H,9-10,13-14H2,(H,39,43);1-2H3. The largest absolute Gasteiger partial charge is 0.431 e. The average Bonchev–Trinajstić information content (AvgIpc) is 3.37. The van der Waals surface area contributed by atoms with Crippen molar-refractivity contribution in [3.8, 4) is 11.5 Å². The molecule has 0 aromatic heterocycles. The maximum atomic E-state index is 13.7. The molecule has 0 saturated heterocycles. The van der Waals surface area contributed by atoms with Crippen LogP contribution in [0.3, 0.4) is 0 Å². The van der Waals surface area contributed by atoms with Crippen LogP contribution in [0.5, 0.6) is 11.5 Å². The summed E-state index contributed by atoms with van der Waals surface area (Å²) in [5, 5.41) is 7.55. The minimum atomic E-state index is -4.95. The van der Waals surface area contributed by atoms with Crippen molar-refractivity contribution in [1.82, 2.24) is 10.2 Å². The summed E-state index contributed by atoms with van der Waals surface area (Å²) in [6.45, 7) is -1.93. The predicted molar refractivity (Wildman–Crippen MR) is 158 cm³/mol. The number of fused-ring (bicyclic) bond motifs is 1. The second-order valence-electron chi connectivity index (χ2n) is 10.0. The lowest BCUT2D eigenvalue weighted by Crippen LogP contribution is -2.29. The first-order valence-corrected chi connectivity index (χ1v) is 14.4. The quantitative estimate of drug-likeness (QED) is 0.224. The first-order valence-electron chi connectivity index (χ1n) is 14.4. The Morgan fingerprint density at radius 3 is 2.21 bits per heavy atom. The van der Waals surface area contributed by atoms with Gasteiger partial charge in [-0.2, -0.15) is 40.8 Å². The monoisotopic (exact) mass is 684 g/mol. The highest BCUT2D eigenvalue weighted by Gasteiger charge is 2.38. The van der Waals surface area contributed by atoms with E-state index in [2.05, 4.69) is 19.9 Å². The number of amides is 2. The number of hydrazone groups is 1. The maximum absolute atomic E-state index is 13.7. The number of rotatable bonds is 10.